The van der Waals surface area contributed by atoms with Crippen molar-refractivity contribution in [1.29, 1.82) is 0 Å². The third-order valence-electron chi connectivity index (χ3n) is 5.36. The summed E-state index contributed by atoms with van der Waals surface area (Å²) in [5.41, 5.74) is 1.27. The molecular weight excluding hydrogens is 533 g/mol. The van der Waals surface area contributed by atoms with Crippen molar-refractivity contribution in [1.82, 2.24) is 4.31 Å². The number of halogens is 1. The average molecular weight is 555 g/mol. The van der Waals surface area contributed by atoms with Crippen molar-refractivity contribution < 1.29 is 22.7 Å². The monoisotopic (exact) mass is 555 g/mol. The summed E-state index contributed by atoms with van der Waals surface area (Å²) in [6.07, 6.45) is 0.115. The van der Waals surface area contributed by atoms with Gasteiger partial charge in [0.25, 0.3) is 0 Å². The van der Waals surface area contributed by atoms with Crippen LogP contribution in [0.5, 0.6) is 0 Å². The number of benzene rings is 2. The third-order valence-corrected chi connectivity index (χ3v) is 8.00. The predicted molar refractivity (Wildman–Crippen MR) is 124 cm³/mol. The molecule has 2 aliphatic rings. The van der Waals surface area contributed by atoms with Crippen LogP contribution in [0.1, 0.15) is 6.42 Å². The van der Waals surface area contributed by atoms with Crippen LogP contribution in [-0.2, 0) is 24.3 Å². The minimum atomic E-state index is -3.59. The van der Waals surface area contributed by atoms with Crippen molar-refractivity contribution >= 4 is 55.8 Å². The lowest BCUT2D eigenvalue weighted by molar-refractivity contribution is -0.122. The molecule has 4 rings (SSSR count). The van der Waals surface area contributed by atoms with Crippen LogP contribution in [0.2, 0.25) is 0 Å². The maximum Gasteiger partial charge on any atom is 0.243 e. The van der Waals surface area contributed by atoms with Crippen LogP contribution in [-0.4, -0.2) is 57.4 Å². The molecule has 2 fully saturated rings. The van der Waals surface area contributed by atoms with Gasteiger partial charge in [-0.05, 0) is 71.1 Å². The number of sulfonamides is 1. The average Bonchev–Trinajstić information content (AvgIpc) is 3.18. The van der Waals surface area contributed by atoms with Crippen LogP contribution in [0.15, 0.2) is 53.4 Å². The first-order chi connectivity index (χ1) is 14.8. The van der Waals surface area contributed by atoms with Gasteiger partial charge in [-0.25, -0.2) is 8.42 Å². The summed E-state index contributed by atoms with van der Waals surface area (Å²) in [6.45, 7) is 1.67. The van der Waals surface area contributed by atoms with Gasteiger partial charge in [0.05, 0.1) is 24.0 Å². The lowest BCUT2D eigenvalue weighted by atomic mass is 10.1. The zero-order valence-corrected chi connectivity index (χ0v) is 19.6. The van der Waals surface area contributed by atoms with E-state index in [1.807, 2.05) is 24.3 Å². The van der Waals surface area contributed by atoms with E-state index < -0.39 is 15.9 Å². The minimum absolute atomic E-state index is 0.115. The van der Waals surface area contributed by atoms with Gasteiger partial charge in [-0.1, -0.05) is 0 Å². The standard InChI is InChI=1S/C21H22IN3O5S/c22-16-1-3-17(4-2-16)23-21(27)15-13-20(26)25(14-15)18-5-7-19(8-6-18)31(28,29)24-9-11-30-12-10-24/h1-8,15H,9-14H2,(H,23,27). The summed E-state index contributed by atoms with van der Waals surface area (Å²) < 4.78 is 33.2. The van der Waals surface area contributed by atoms with Crippen LogP contribution in [0.4, 0.5) is 11.4 Å². The first-order valence-corrected chi connectivity index (χ1v) is 12.4. The Labute approximate surface area is 194 Å². The van der Waals surface area contributed by atoms with Gasteiger partial charge in [-0.3, -0.25) is 9.59 Å². The SMILES string of the molecule is O=C(Nc1ccc(I)cc1)C1CC(=O)N(c2ccc(S(=O)(=O)N3CCOCC3)cc2)C1. The number of nitrogens with zero attached hydrogens (tertiary/aromatic N) is 2. The summed E-state index contributed by atoms with van der Waals surface area (Å²) in [5.74, 6) is -0.835. The molecular formula is C21H22IN3O5S. The molecule has 31 heavy (non-hydrogen) atoms. The molecule has 0 aliphatic carbocycles. The molecule has 2 aliphatic heterocycles. The topological polar surface area (TPSA) is 96.0 Å². The number of amides is 2. The highest BCUT2D eigenvalue weighted by Crippen LogP contribution is 2.28. The van der Waals surface area contributed by atoms with Crippen LogP contribution in [0.3, 0.4) is 0 Å². The highest BCUT2D eigenvalue weighted by atomic mass is 127. The van der Waals surface area contributed by atoms with E-state index in [2.05, 4.69) is 27.9 Å². The van der Waals surface area contributed by atoms with E-state index in [9.17, 15) is 18.0 Å². The summed E-state index contributed by atoms with van der Waals surface area (Å²) in [7, 11) is -3.59. The molecule has 10 heteroatoms. The summed E-state index contributed by atoms with van der Waals surface area (Å²) in [4.78, 5) is 26.8. The van der Waals surface area contributed by atoms with E-state index in [4.69, 9.17) is 4.74 Å². The third kappa shape index (κ3) is 4.92. The maximum atomic E-state index is 12.8. The summed E-state index contributed by atoms with van der Waals surface area (Å²) in [6, 6.07) is 13.7. The van der Waals surface area contributed by atoms with Gasteiger partial charge in [0.15, 0.2) is 0 Å². The van der Waals surface area contributed by atoms with Crippen LogP contribution in [0, 0.1) is 9.49 Å². The first-order valence-electron chi connectivity index (χ1n) is 9.89. The molecule has 2 saturated heterocycles. The fraction of sp³-hybridized carbons (Fsp3) is 0.333. The Balaban J connectivity index is 1.43. The maximum absolute atomic E-state index is 12.8. The van der Waals surface area contributed by atoms with Crippen molar-refractivity contribution in [3.63, 3.8) is 0 Å². The number of morpholine rings is 1. The van der Waals surface area contributed by atoms with Crippen molar-refractivity contribution in [2.75, 3.05) is 43.1 Å². The molecule has 164 valence electrons. The quantitative estimate of drug-likeness (QED) is 0.572. The molecule has 8 nitrogen and oxygen atoms in total. The Hall–Kier alpha value is -2.02. The van der Waals surface area contributed by atoms with Gasteiger partial charge in [0.2, 0.25) is 21.8 Å². The fourth-order valence-corrected chi connectivity index (χ4v) is 5.41. The number of ether oxygens (including phenoxy) is 1. The Morgan fingerprint density at radius 2 is 1.68 bits per heavy atom. The molecule has 1 N–H and O–H groups in total. The molecule has 2 aromatic carbocycles. The fourth-order valence-electron chi connectivity index (χ4n) is 3.64. The minimum Gasteiger partial charge on any atom is -0.379 e. The van der Waals surface area contributed by atoms with Gasteiger partial charge in [-0.15, -0.1) is 0 Å². The normalized spacial score (nSPS) is 20.1. The molecule has 1 atom stereocenters. The van der Waals surface area contributed by atoms with E-state index >= 15 is 0 Å². The lowest BCUT2D eigenvalue weighted by Gasteiger charge is -2.26. The molecule has 1 unspecified atom stereocenters. The van der Waals surface area contributed by atoms with E-state index in [0.29, 0.717) is 37.7 Å². The smallest absolute Gasteiger partial charge is 0.243 e. The Bertz CT molecular complexity index is 1070. The first kappa shape index (κ1) is 22.2. The molecule has 2 amide bonds. The van der Waals surface area contributed by atoms with E-state index in [1.54, 1.807) is 12.1 Å². The van der Waals surface area contributed by atoms with E-state index in [1.165, 1.54) is 21.3 Å². The Morgan fingerprint density at radius 3 is 2.32 bits per heavy atom. The van der Waals surface area contributed by atoms with Gasteiger partial charge in [0, 0.05) is 41.0 Å². The molecule has 2 aromatic rings. The number of hydrogen-bond donors (Lipinski definition) is 1. The number of nitrogens with one attached hydrogen (secondary N) is 1. The highest BCUT2D eigenvalue weighted by molar-refractivity contribution is 14.1. The van der Waals surface area contributed by atoms with Gasteiger partial charge < -0.3 is 15.0 Å². The van der Waals surface area contributed by atoms with Crippen LogP contribution >= 0.6 is 22.6 Å². The molecule has 0 spiro atoms. The zero-order chi connectivity index (χ0) is 22.0. The molecule has 2 heterocycles. The molecule has 0 aromatic heterocycles. The van der Waals surface area contributed by atoms with Crippen molar-refractivity contribution in [2.24, 2.45) is 5.92 Å². The number of carbonyl (C=O) groups excluding carboxylic acids is 2. The van der Waals surface area contributed by atoms with Crippen molar-refractivity contribution in [3.05, 3.63) is 52.1 Å². The molecule has 0 bridgehead atoms. The van der Waals surface area contributed by atoms with Crippen LogP contribution < -0.4 is 10.2 Å². The van der Waals surface area contributed by atoms with E-state index in [0.717, 1.165) is 3.57 Å². The van der Waals surface area contributed by atoms with Gasteiger partial charge in [0.1, 0.15) is 0 Å². The number of anilines is 2. The van der Waals surface area contributed by atoms with E-state index in [-0.39, 0.29) is 29.7 Å². The van der Waals surface area contributed by atoms with Crippen LogP contribution in [0.25, 0.3) is 0 Å². The highest BCUT2D eigenvalue weighted by Gasteiger charge is 2.35. The largest absolute Gasteiger partial charge is 0.379 e. The van der Waals surface area contributed by atoms with Gasteiger partial charge in [-0.2, -0.15) is 4.31 Å². The molecule has 0 saturated carbocycles. The Kier molecular flexibility index (Phi) is 6.60. The predicted octanol–water partition coefficient (Wildman–Crippen LogP) is 2.30. The van der Waals surface area contributed by atoms with Crippen molar-refractivity contribution in [3.8, 4) is 0 Å². The Morgan fingerprint density at radius 1 is 1.03 bits per heavy atom. The second kappa shape index (κ2) is 9.23. The zero-order valence-electron chi connectivity index (χ0n) is 16.7. The number of hydrogen-bond acceptors (Lipinski definition) is 5. The number of carbonyl (C=O) groups is 2. The van der Waals surface area contributed by atoms with Gasteiger partial charge >= 0.3 is 0 Å². The number of rotatable bonds is 5. The van der Waals surface area contributed by atoms with Crippen molar-refractivity contribution in [2.45, 2.75) is 11.3 Å². The lowest BCUT2D eigenvalue weighted by Crippen LogP contribution is -2.40. The summed E-state index contributed by atoms with van der Waals surface area (Å²) in [5, 5.41) is 2.85. The second-order valence-corrected chi connectivity index (χ2v) is 10.6. The molecule has 0 radical (unpaired) electrons. The summed E-state index contributed by atoms with van der Waals surface area (Å²) >= 11 is 2.19. The second-order valence-electron chi connectivity index (χ2n) is 7.41.